The fourth-order valence-electron chi connectivity index (χ4n) is 2.91. The maximum atomic E-state index is 13.2. The van der Waals surface area contributed by atoms with E-state index in [-0.39, 0.29) is 5.89 Å². The van der Waals surface area contributed by atoms with Crippen molar-refractivity contribution in [3.63, 3.8) is 0 Å². The number of nitrogens with zero attached hydrogens (tertiary/aromatic N) is 2. The van der Waals surface area contributed by atoms with Crippen LogP contribution in [-0.2, 0) is 6.18 Å². The summed E-state index contributed by atoms with van der Waals surface area (Å²) in [6.45, 7) is 1.94. The summed E-state index contributed by atoms with van der Waals surface area (Å²) >= 11 is 1.23. The van der Waals surface area contributed by atoms with Crippen molar-refractivity contribution < 1.29 is 22.5 Å². The number of rotatable bonds is 4. The van der Waals surface area contributed by atoms with E-state index in [2.05, 4.69) is 15.5 Å². The van der Waals surface area contributed by atoms with Crippen molar-refractivity contribution in [2.45, 2.75) is 13.1 Å². The predicted molar refractivity (Wildman–Crippen MR) is 107 cm³/mol. The molecule has 2 heterocycles. The number of aromatic nitrogens is 2. The lowest BCUT2D eigenvalue weighted by Gasteiger charge is -2.12. The molecule has 4 aromatic rings. The van der Waals surface area contributed by atoms with Crippen molar-refractivity contribution in [1.82, 2.24) is 10.1 Å². The summed E-state index contributed by atoms with van der Waals surface area (Å²) in [4.78, 5) is 17.4. The molecule has 0 bridgehead atoms. The van der Waals surface area contributed by atoms with Gasteiger partial charge in [0.2, 0.25) is 5.82 Å². The molecule has 1 amide bonds. The number of amides is 1. The Hall–Kier alpha value is -3.46. The third kappa shape index (κ3) is 3.97. The molecular weight excluding hydrogens is 415 g/mol. The van der Waals surface area contributed by atoms with Crippen LogP contribution in [0.25, 0.3) is 22.2 Å². The van der Waals surface area contributed by atoms with Crippen LogP contribution in [0.2, 0.25) is 0 Å². The number of halogens is 3. The number of nitrogens with one attached hydrogen (secondary N) is 1. The zero-order valence-electron chi connectivity index (χ0n) is 15.5. The summed E-state index contributed by atoms with van der Waals surface area (Å²) < 4.78 is 45.0. The molecule has 2 aromatic heterocycles. The van der Waals surface area contributed by atoms with Gasteiger partial charge in [-0.1, -0.05) is 41.1 Å². The lowest BCUT2D eigenvalue weighted by atomic mass is 10.1. The van der Waals surface area contributed by atoms with Crippen LogP contribution in [-0.4, -0.2) is 16.0 Å². The molecule has 30 heavy (non-hydrogen) atoms. The first-order valence-corrected chi connectivity index (χ1v) is 9.67. The number of hydrogen-bond donors (Lipinski definition) is 1. The fraction of sp³-hybridized carbons (Fsp3) is 0.0952. The van der Waals surface area contributed by atoms with Crippen LogP contribution < -0.4 is 5.32 Å². The minimum absolute atomic E-state index is 0.168. The van der Waals surface area contributed by atoms with Gasteiger partial charge >= 0.3 is 6.18 Å². The highest BCUT2D eigenvalue weighted by molar-refractivity contribution is 7.14. The maximum Gasteiger partial charge on any atom is 0.417 e. The molecule has 0 saturated heterocycles. The molecule has 9 heteroatoms. The number of carbonyl (C=O) groups excluding carboxylic acids is 1. The van der Waals surface area contributed by atoms with Crippen LogP contribution in [0.3, 0.4) is 0 Å². The zero-order valence-corrected chi connectivity index (χ0v) is 16.3. The molecule has 1 N–H and O–H groups in total. The number of thiophene rings is 1. The van der Waals surface area contributed by atoms with Gasteiger partial charge in [-0.25, -0.2) is 0 Å². The smallest absolute Gasteiger partial charge is 0.333 e. The Morgan fingerprint density at radius 3 is 2.67 bits per heavy atom. The fourth-order valence-corrected chi connectivity index (χ4v) is 3.68. The molecule has 0 aliphatic carbocycles. The Bertz CT molecular complexity index is 1210. The minimum atomic E-state index is -4.64. The van der Waals surface area contributed by atoms with E-state index in [4.69, 9.17) is 4.52 Å². The SMILES string of the molecule is Cc1cccc(-c2noc(-c3sccc3NC(=O)c3ccccc3C(F)(F)F)n2)c1. The van der Waals surface area contributed by atoms with Gasteiger partial charge in [0.15, 0.2) is 0 Å². The monoisotopic (exact) mass is 429 g/mol. The largest absolute Gasteiger partial charge is 0.417 e. The normalized spacial score (nSPS) is 11.5. The summed E-state index contributed by atoms with van der Waals surface area (Å²) in [5.74, 6) is -0.330. The molecule has 0 spiro atoms. The first-order chi connectivity index (χ1) is 14.3. The number of anilines is 1. The summed E-state index contributed by atoms with van der Waals surface area (Å²) in [7, 11) is 0. The Kier molecular flexibility index (Phi) is 5.13. The second kappa shape index (κ2) is 7.75. The topological polar surface area (TPSA) is 68.0 Å². The summed E-state index contributed by atoms with van der Waals surface area (Å²) in [6, 6.07) is 13.7. The van der Waals surface area contributed by atoms with Crippen LogP contribution in [0, 0.1) is 6.92 Å². The standard InChI is InChI=1S/C21H14F3N3O2S/c1-12-5-4-6-13(11-12)18-26-20(29-27-18)17-16(9-10-30-17)25-19(28)14-7-2-3-8-15(14)21(22,23)24/h2-11H,1H3,(H,25,28). The zero-order chi connectivity index (χ0) is 21.3. The Labute approximate surface area is 173 Å². The number of carbonyl (C=O) groups is 1. The lowest BCUT2D eigenvalue weighted by molar-refractivity contribution is -0.137. The predicted octanol–water partition coefficient (Wildman–Crippen LogP) is 6.04. The van der Waals surface area contributed by atoms with E-state index in [9.17, 15) is 18.0 Å². The van der Waals surface area contributed by atoms with E-state index in [0.29, 0.717) is 16.4 Å². The van der Waals surface area contributed by atoms with Crippen LogP contribution in [0.1, 0.15) is 21.5 Å². The van der Waals surface area contributed by atoms with E-state index in [1.54, 1.807) is 11.4 Å². The van der Waals surface area contributed by atoms with Crippen molar-refractivity contribution in [1.29, 1.82) is 0 Å². The van der Waals surface area contributed by atoms with Gasteiger partial charge in [-0.15, -0.1) is 11.3 Å². The highest BCUT2D eigenvalue weighted by Gasteiger charge is 2.35. The first kappa shape index (κ1) is 19.8. The van der Waals surface area contributed by atoms with E-state index >= 15 is 0 Å². The second-order valence-electron chi connectivity index (χ2n) is 6.45. The van der Waals surface area contributed by atoms with Gasteiger partial charge in [-0.3, -0.25) is 4.79 Å². The van der Waals surface area contributed by atoms with E-state index in [1.807, 2.05) is 31.2 Å². The maximum absolute atomic E-state index is 13.2. The molecule has 4 rings (SSSR count). The van der Waals surface area contributed by atoms with Gasteiger partial charge < -0.3 is 9.84 Å². The van der Waals surface area contributed by atoms with Crippen LogP contribution in [0.4, 0.5) is 18.9 Å². The quantitative estimate of drug-likeness (QED) is 0.429. The molecular formula is C21H14F3N3O2S. The molecule has 0 aliphatic heterocycles. The number of hydrogen-bond acceptors (Lipinski definition) is 5. The summed E-state index contributed by atoms with van der Waals surface area (Å²) in [6.07, 6.45) is -4.64. The molecule has 0 unspecified atom stereocenters. The molecule has 0 atom stereocenters. The molecule has 0 fully saturated rings. The van der Waals surface area contributed by atoms with E-state index in [1.165, 1.54) is 23.5 Å². The number of benzene rings is 2. The average molecular weight is 429 g/mol. The third-order valence-corrected chi connectivity index (χ3v) is 5.19. The van der Waals surface area contributed by atoms with Gasteiger partial charge in [-0.05, 0) is 36.6 Å². The average Bonchev–Trinajstić information content (AvgIpc) is 3.36. The van der Waals surface area contributed by atoms with Crippen molar-refractivity contribution >= 4 is 22.9 Å². The summed E-state index contributed by atoms with van der Waals surface area (Å²) in [5.41, 5.74) is 0.630. The molecule has 2 aromatic carbocycles. The van der Waals surface area contributed by atoms with Crippen LogP contribution in [0.5, 0.6) is 0 Å². The van der Waals surface area contributed by atoms with Gasteiger partial charge in [0.25, 0.3) is 11.8 Å². The molecule has 0 aliphatic rings. The highest BCUT2D eigenvalue weighted by Crippen LogP contribution is 2.36. The third-order valence-electron chi connectivity index (χ3n) is 4.29. The Morgan fingerprint density at radius 2 is 1.90 bits per heavy atom. The number of aryl methyl sites for hydroxylation is 1. The molecule has 152 valence electrons. The van der Waals surface area contributed by atoms with Crippen molar-refractivity contribution in [2.24, 2.45) is 0 Å². The molecule has 0 radical (unpaired) electrons. The first-order valence-electron chi connectivity index (χ1n) is 8.79. The Balaban J connectivity index is 1.62. The van der Waals surface area contributed by atoms with Gasteiger partial charge in [0.1, 0.15) is 4.88 Å². The minimum Gasteiger partial charge on any atom is -0.333 e. The lowest BCUT2D eigenvalue weighted by Crippen LogP contribution is -2.18. The van der Waals surface area contributed by atoms with Crippen molar-refractivity contribution in [2.75, 3.05) is 5.32 Å². The van der Waals surface area contributed by atoms with E-state index in [0.717, 1.165) is 23.3 Å². The van der Waals surface area contributed by atoms with Gasteiger partial charge in [-0.2, -0.15) is 18.2 Å². The van der Waals surface area contributed by atoms with Crippen molar-refractivity contribution in [3.8, 4) is 22.2 Å². The van der Waals surface area contributed by atoms with Gasteiger partial charge in [0, 0.05) is 5.56 Å². The van der Waals surface area contributed by atoms with E-state index < -0.39 is 23.2 Å². The van der Waals surface area contributed by atoms with Crippen LogP contribution >= 0.6 is 11.3 Å². The van der Waals surface area contributed by atoms with Crippen LogP contribution in [0.15, 0.2) is 64.5 Å². The van der Waals surface area contributed by atoms with Gasteiger partial charge in [0.05, 0.1) is 16.8 Å². The molecule has 5 nitrogen and oxygen atoms in total. The Morgan fingerprint density at radius 1 is 1.10 bits per heavy atom. The molecule has 0 saturated carbocycles. The highest BCUT2D eigenvalue weighted by atomic mass is 32.1. The summed E-state index contributed by atoms with van der Waals surface area (Å²) in [5, 5.41) is 8.16. The second-order valence-corrected chi connectivity index (χ2v) is 7.37. The van der Waals surface area contributed by atoms with Crippen molar-refractivity contribution in [3.05, 3.63) is 76.7 Å². The number of alkyl halides is 3.